The van der Waals surface area contributed by atoms with Crippen LogP contribution in [0.4, 0.5) is 11.5 Å². The zero-order valence-corrected chi connectivity index (χ0v) is 15.3. The molecule has 1 amide bonds. The fraction of sp³-hybridized carbons (Fsp3) is 0.250. The maximum Gasteiger partial charge on any atom is 0.258 e. The Labute approximate surface area is 147 Å². The second-order valence-corrected chi connectivity index (χ2v) is 6.48. The Balaban J connectivity index is 1.99. The zero-order chi connectivity index (χ0) is 17.4. The molecule has 0 saturated carbocycles. The zero-order valence-electron chi connectivity index (χ0n) is 13.7. The molecule has 7 nitrogen and oxygen atoms in total. The molecule has 0 aliphatic rings. The summed E-state index contributed by atoms with van der Waals surface area (Å²) >= 11 is 3.44. The summed E-state index contributed by atoms with van der Waals surface area (Å²) in [6.07, 6.45) is 1.66. The van der Waals surface area contributed by atoms with Crippen molar-refractivity contribution in [2.24, 2.45) is 0 Å². The lowest BCUT2D eigenvalue weighted by Gasteiger charge is -2.15. The minimum atomic E-state index is -0.281. The molecule has 3 heterocycles. The topological polar surface area (TPSA) is 84.2 Å². The van der Waals surface area contributed by atoms with Crippen LogP contribution in [0.3, 0.4) is 0 Å². The second kappa shape index (κ2) is 6.20. The molecule has 0 unspecified atom stereocenters. The number of aryl methyl sites for hydroxylation is 2. The SMILES string of the molecule is Cc1cc(C(=O)Nc2cc(N(C)C)c(Br)cn2)c2c(C)noc2n1. The predicted molar refractivity (Wildman–Crippen MR) is 95.5 cm³/mol. The molecular formula is C16H16BrN5O2. The molecule has 24 heavy (non-hydrogen) atoms. The molecule has 0 fully saturated rings. The summed E-state index contributed by atoms with van der Waals surface area (Å²) in [5.41, 5.74) is 3.04. The number of aromatic nitrogens is 3. The monoisotopic (exact) mass is 389 g/mol. The van der Waals surface area contributed by atoms with Crippen LogP contribution >= 0.6 is 15.9 Å². The summed E-state index contributed by atoms with van der Waals surface area (Å²) in [4.78, 5) is 23.2. The van der Waals surface area contributed by atoms with Crippen molar-refractivity contribution in [2.75, 3.05) is 24.3 Å². The standard InChI is InChI=1S/C16H16BrN5O2/c1-8-5-10(14-9(2)21-24-16(14)19-8)15(23)20-13-6-12(22(3)4)11(17)7-18-13/h5-7H,1-4H3,(H,18,20,23). The molecule has 0 aliphatic carbocycles. The molecule has 0 radical (unpaired) electrons. The first-order chi connectivity index (χ1) is 11.4. The molecule has 0 saturated heterocycles. The van der Waals surface area contributed by atoms with E-state index in [1.165, 1.54) is 0 Å². The van der Waals surface area contributed by atoms with Gasteiger partial charge in [0.15, 0.2) is 0 Å². The third-order valence-corrected chi connectivity index (χ3v) is 4.16. The van der Waals surface area contributed by atoms with Crippen LogP contribution in [0.2, 0.25) is 0 Å². The fourth-order valence-corrected chi connectivity index (χ4v) is 2.99. The molecule has 3 rings (SSSR count). The maximum atomic E-state index is 12.7. The highest BCUT2D eigenvalue weighted by molar-refractivity contribution is 9.10. The number of rotatable bonds is 3. The van der Waals surface area contributed by atoms with Crippen molar-refractivity contribution in [3.05, 3.63) is 39.8 Å². The van der Waals surface area contributed by atoms with Crippen LogP contribution in [0, 0.1) is 13.8 Å². The largest absolute Gasteiger partial charge is 0.377 e. The van der Waals surface area contributed by atoms with Gasteiger partial charge in [-0.3, -0.25) is 4.79 Å². The number of amides is 1. The Morgan fingerprint density at radius 2 is 2.04 bits per heavy atom. The number of nitrogens with one attached hydrogen (secondary N) is 1. The van der Waals surface area contributed by atoms with E-state index in [0.717, 1.165) is 10.2 Å². The number of halogens is 1. The molecule has 1 N–H and O–H groups in total. The number of pyridine rings is 2. The van der Waals surface area contributed by atoms with Gasteiger partial charge in [0.2, 0.25) is 0 Å². The Morgan fingerprint density at radius 1 is 1.29 bits per heavy atom. The minimum absolute atomic E-state index is 0.281. The van der Waals surface area contributed by atoms with Crippen molar-refractivity contribution in [2.45, 2.75) is 13.8 Å². The smallest absolute Gasteiger partial charge is 0.258 e. The van der Waals surface area contributed by atoms with Crippen molar-refractivity contribution in [1.82, 2.24) is 15.1 Å². The molecule has 0 spiro atoms. The van der Waals surface area contributed by atoms with Gasteiger partial charge in [0.1, 0.15) is 5.82 Å². The number of nitrogens with zero attached hydrogens (tertiary/aromatic N) is 4. The van der Waals surface area contributed by atoms with E-state index in [1.54, 1.807) is 32.2 Å². The van der Waals surface area contributed by atoms with E-state index >= 15 is 0 Å². The van der Waals surface area contributed by atoms with Gasteiger partial charge < -0.3 is 14.7 Å². The van der Waals surface area contributed by atoms with E-state index in [0.29, 0.717) is 33.9 Å². The van der Waals surface area contributed by atoms with Crippen LogP contribution in [-0.2, 0) is 0 Å². The number of anilines is 2. The summed E-state index contributed by atoms with van der Waals surface area (Å²) in [5.74, 6) is 0.181. The fourth-order valence-electron chi connectivity index (χ4n) is 2.42. The van der Waals surface area contributed by atoms with Crippen molar-refractivity contribution < 1.29 is 9.32 Å². The number of carbonyl (C=O) groups excluding carboxylic acids is 1. The van der Waals surface area contributed by atoms with Crippen LogP contribution in [0.5, 0.6) is 0 Å². The van der Waals surface area contributed by atoms with Gasteiger partial charge in [-0.1, -0.05) is 5.16 Å². The lowest BCUT2D eigenvalue weighted by Crippen LogP contribution is -2.15. The van der Waals surface area contributed by atoms with Gasteiger partial charge in [0.05, 0.1) is 26.8 Å². The molecule has 0 aliphatic heterocycles. The summed E-state index contributed by atoms with van der Waals surface area (Å²) in [7, 11) is 3.84. The van der Waals surface area contributed by atoms with Crippen molar-refractivity contribution in [1.29, 1.82) is 0 Å². The quantitative estimate of drug-likeness (QED) is 0.739. The highest BCUT2D eigenvalue weighted by atomic mass is 79.9. The molecule has 0 aromatic carbocycles. The van der Waals surface area contributed by atoms with Gasteiger partial charge in [-0.2, -0.15) is 0 Å². The van der Waals surface area contributed by atoms with Crippen LogP contribution < -0.4 is 10.2 Å². The van der Waals surface area contributed by atoms with E-state index < -0.39 is 0 Å². The van der Waals surface area contributed by atoms with Gasteiger partial charge in [-0.25, -0.2) is 9.97 Å². The predicted octanol–water partition coefficient (Wildman–Crippen LogP) is 3.32. The first-order valence-corrected chi connectivity index (χ1v) is 8.04. The molecular weight excluding hydrogens is 374 g/mol. The highest BCUT2D eigenvalue weighted by Gasteiger charge is 2.18. The first kappa shape index (κ1) is 16.4. The van der Waals surface area contributed by atoms with E-state index in [1.807, 2.05) is 19.0 Å². The van der Waals surface area contributed by atoms with Gasteiger partial charge in [0, 0.05) is 32.1 Å². The normalized spacial score (nSPS) is 10.9. The molecule has 3 aromatic heterocycles. The Bertz CT molecular complexity index is 936. The van der Waals surface area contributed by atoms with Crippen LogP contribution in [-0.4, -0.2) is 35.1 Å². The van der Waals surface area contributed by atoms with E-state index in [9.17, 15) is 4.79 Å². The van der Waals surface area contributed by atoms with Gasteiger partial charge in [-0.05, 0) is 35.8 Å². The lowest BCUT2D eigenvalue weighted by atomic mass is 10.1. The van der Waals surface area contributed by atoms with Crippen molar-refractivity contribution >= 4 is 44.4 Å². The third-order valence-electron chi connectivity index (χ3n) is 3.55. The summed E-state index contributed by atoms with van der Waals surface area (Å²) in [5, 5.41) is 7.33. The van der Waals surface area contributed by atoms with Crippen LogP contribution in [0.15, 0.2) is 27.3 Å². The second-order valence-electron chi connectivity index (χ2n) is 5.63. The number of fused-ring (bicyclic) bond motifs is 1. The van der Waals surface area contributed by atoms with E-state index in [4.69, 9.17) is 4.52 Å². The van der Waals surface area contributed by atoms with E-state index in [2.05, 4.69) is 36.4 Å². The maximum absolute atomic E-state index is 12.7. The van der Waals surface area contributed by atoms with Gasteiger partial charge in [0.25, 0.3) is 11.6 Å². The van der Waals surface area contributed by atoms with Gasteiger partial charge >= 0.3 is 0 Å². The first-order valence-electron chi connectivity index (χ1n) is 7.24. The summed E-state index contributed by atoms with van der Waals surface area (Å²) in [6, 6.07) is 3.52. The van der Waals surface area contributed by atoms with Crippen LogP contribution in [0.1, 0.15) is 21.7 Å². The molecule has 0 atom stereocenters. The number of hydrogen-bond acceptors (Lipinski definition) is 6. The van der Waals surface area contributed by atoms with Crippen molar-refractivity contribution in [3.8, 4) is 0 Å². The Morgan fingerprint density at radius 3 is 2.75 bits per heavy atom. The average molecular weight is 390 g/mol. The summed E-state index contributed by atoms with van der Waals surface area (Å²) in [6.45, 7) is 3.58. The van der Waals surface area contributed by atoms with E-state index in [-0.39, 0.29) is 5.91 Å². The lowest BCUT2D eigenvalue weighted by molar-refractivity contribution is 0.102. The molecule has 8 heteroatoms. The molecule has 0 bridgehead atoms. The molecule has 124 valence electrons. The average Bonchev–Trinajstić information content (AvgIpc) is 2.89. The highest BCUT2D eigenvalue weighted by Crippen LogP contribution is 2.27. The molecule has 3 aromatic rings. The number of carbonyl (C=O) groups is 1. The minimum Gasteiger partial charge on any atom is -0.377 e. The summed E-state index contributed by atoms with van der Waals surface area (Å²) < 4.78 is 6.02. The van der Waals surface area contributed by atoms with Crippen LogP contribution in [0.25, 0.3) is 11.1 Å². The Hall–Kier alpha value is -2.48. The van der Waals surface area contributed by atoms with Crippen molar-refractivity contribution in [3.63, 3.8) is 0 Å². The number of hydrogen-bond donors (Lipinski definition) is 1. The third kappa shape index (κ3) is 2.96. The Kier molecular flexibility index (Phi) is 4.23. The van der Waals surface area contributed by atoms with Gasteiger partial charge in [-0.15, -0.1) is 0 Å².